The number of anilines is 1. The first-order valence-electron chi connectivity index (χ1n) is 10.8. The SMILES string of the molecule is CC[C@H](C(=O)NC(C)C)N(Cc1ccccc1C)C(=O)CN(c1ccc(Cl)cc1)S(C)(=O)=O. The fourth-order valence-electron chi connectivity index (χ4n) is 3.49. The summed E-state index contributed by atoms with van der Waals surface area (Å²) in [5, 5.41) is 3.33. The molecule has 7 nitrogen and oxygen atoms in total. The zero-order chi connectivity index (χ0) is 24.8. The molecule has 0 saturated heterocycles. The van der Waals surface area contributed by atoms with Crippen molar-refractivity contribution in [3.63, 3.8) is 0 Å². The third-order valence-electron chi connectivity index (χ3n) is 5.21. The van der Waals surface area contributed by atoms with Gasteiger partial charge in [-0.05, 0) is 62.6 Å². The average Bonchev–Trinajstić information content (AvgIpc) is 2.72. The van der Waals surface area contributed by atoms with Gasteiger partial charge in [-0.1, -0.05) is 42.8 Å². The minimum absolute atomic E-state index is 0.0939. The lowest BCUT2D eigenvalue weighted by Gasteiger charge is -2.33. The largest absolute Gasteiger partial charge is 0.352 e. The van der Waals surface area contributed by atoms with Crippen LogP contribution in [0.2, 0.25) is 5.02 Å². The van der Waals surface area contributed by atoms with Crippen molar-refractivity contribution in [2.45, 2.75) is 52.7 Å². The zero-order valence-electron chi connectivity index (χ0n) is 19.7. The minimum atomic E-state index is -3.77. The zero-order valence-corrected chi connectivity index (χ0v) is 21.3. The van der Waals surface area contributed by atoms with E-state index in [1.165, 1.54) is 4.90 Å². The van der Waals surface area contributed by atoms with E-state index in [1.54, 1.807) is 24.3 Å². The number of aryl methyl sites for hydroxylation is 1. The summed E-state index contributed by atoms with van der Waals surface area (Å²) in [5.41, 5.74) is 2.19. The number of carbonyl (C=O) groups excluding carboxylic acids is 2. The number of hydrogen-bond donors (Lipinski definition) is 1. The first kappa shape index (κ1) is 26.7. The van der Waals surface area contributed by atoms with Crippen molar-refractivity contribution in [2.24, 2.45) is 0 Å². The van der Waals surface area contributed by atoms with Crippen molar-refractivity contribution in [3.05, 3.63) is 64.7 Å². The summed E-state index contributed by atoms with van der Waals surface area (Å²) in [6, 6.07) is 13.0. The Balaban J connectivity index is 2.44. The Bertz CT molecular complexity index is 1070. The molecule has 2 rings (SSSR count). The summed E-state index contributed by atoms with van der Waals surface area (Å²) in [5.74, 6) is -0.740. The third-order valence-corrected chi connectivity index (χ3v) is 6.61. The molecule has 180 valence electrons. The summed E-state index contributed by atoms with van der Waals surface area (Å²) in [6.45, 7) is 7.22. The molecule has 0 radical (unpaired) electrons. The summed E-state index contributed by atoms with van der Waals surface area (Å²) in [4.78, 5) is 28.0. The molecule has 0 heterocycles. The van der Waals surface area contributed by atoms with Crippen LogP contribution >= 0.6 is 11.6 Å². The van der Waals surface area contributed by atoms with E-state index in [1.807, 2.05) is 52.0 Å². The van der Waals surface area contributed by atoms with E-state index in [2.05, 4.69) is 5.32 Å². The van der Waals surface area contributed by atoms with Crippen LogP contribution in [0.5, 0.6) is 0 Å². The van der Waals surface area contributed by atoms with Crippen LogP contribution < -0.4 is 9.62 Å². The van der Waals surface area contributed by atoms with Crippen LogP contribution in [0.4, 0.5) is 5.69 Å². The van der Waals surface area contributed by atoms with Crippen molar-refractivity contribution in [2.75, 3.05) is 17.1 Å². The van der Waals surface area contributed by atoms with Gasteiger partial charge in [0.05, 0.1) is 11.9 Å². The summed E-state index contributed by atoms with van der Waals surface area (Å²) in [6.07, 6.45) is 1.43. The Hall–Kier alpha value is -2.58. The first-order chi connectivity index (χ1) is 15.4. The van der Waals surface area contributed by atoms with Gasteiger partial charge in [0.1, 0.15) is 12.6 Å². The molecular weight excluding hydrogens is 462 g/mol. The highest BCUT2D eigenvalue weighted by molar-refractivity contribution is 7.92. The molecule has 33 heavy (non-hydrogen) atoms. The topological polar surface area (TPSA) is 86.8 Å². The molecule has 0 spiro atoms. The van der Waals surface area contributed by atoms with Gasteiger partial charge in [-0.2, -0.15) is 0 Å². The van der Waals surface area contributed by atoms with Gasteiger partial charge in [0, 0.05) is 17.6 Å². The number of halogens is 1. The molecule has 2 aromatic rings. The minimum Gasteiger partial charge on any atom is -0.352 e. The molecule has 2 amide bonds. The van der Waals surface area contributed by atoms with Crippen LogP contribution in [-0.2, 0) is 26.2 Å². The number of carbonyl (C=O) groups is 2. The molecule has 2 aromatic carbocycles. The van der Waals surface area contributed by atoms with Gasteiger partial charge in [-0.15, -0.1) is 0 Å². The molecule has 0 bridgehead atoms. The average molecular weight is 494 g/mol. The number of sulfonamides is 1. The molecule has 0 fully saturated rings. The standard InChI is InChI=1S/C24H32ClN3O4S/c1-6-22(24(30)26-17(2)3)27(15-19-10-8-7-9-18(19)4)23(29)16-28(33(5,31)32)21-13-11-20(25)12-14-21/h7-14,17,22H,6,15-16H2,1-5H3,(H,26,30)/t22-/m1/s1. The molecule has 0 aromatic heterocycles. The van der Waals surface area contributed by atoms with Gasteiger partial charge < -0.3 is 10.2 Å². The van der Waals surface area contributed by atoms with Gasteiger partial charge in [0.25, 0.3) is 0 Å². The second-order valence-corrected chi connectivity index (χ2v) is 10.6. The van der Waals surface area contributed by atoms with Gasteiger partial charge >= 0.3 is 0 Å². The van der Waals surface area contributed by atoms with E-state index in [9.17, 15) is 18.0 Å². The fraction of sp³-hybridized carbons (Fsp3) is 0.417. The van der Waals surface area contributed by atoms with E-state index in [4.69, 9.17) is 11.6 Å². The van der Waals surface area contributed by atoms with E-state index in [0.717, 1.165) is 21.7 Å². The number of nitrogens with zero attached hydrogens (tertiary/aromatic N) is 2. The summed E-state index contributed by atoms with van der Waals surface area (Å²) in [7, 11) is -3.77. The smallest absolute Gasteiger partial charge is 0.244 e. The highest BCUT2D eigenvalue weighted by atomic mass is 35.5. The van der Waals surface area contributed by atoms with Crippen molar-refractivity contribution < 1.29 is 18.0 Å². The van der Waals surface area contributed by atoms with Gasteiger partial charge in [0.2, 0.25) is 21.8 Å². The summed E-state index contributed by atoms with van der Waals surface area (Å²) < 4.78 is 26.1. The second kappa shape index (κ2) is 11.5. The molecule has 0 aliphatic heterocycles. The lowest BCUT2D eigenvalue weighted by molar-refractivity contribution is -0.140. The molecular formula is C24H32ClN3O4S. The maximum atomic E-state index is 13.6. The normalized spacial score (nSPS) is 12.3. The Labute approximate surface area is 201 Å². The van der Waals surface area contributed by atoms with Crippen LogP contribution in [-0.4, -0.2) is 50.0 Å². The van der Waals surface area contributed by atoms with Crippen molar-refractivity contribution in [1.82, 2.24) is 10.2 Å². The van der Waals surface area contributed by atoms with E-state index in [0.29, 0.717) is 17.1 Å². The number of benzene rings is 2. The Morgan fingerprint density at radius 1 is 1.06 bits per heavy atom. The number of amides is 2. The molecule has 0 aliphatic carbocycles. The van der Waals surface area contributed by atoms with Crippen molar-refractivity contribution in [3.8, 4) is 0 Å². The molecule has 9 heteroatoms. The van der Waals surface area contributed by atoms with Crippen LogP contribution in [0.1, 0.15) is 38.3 Å². The number of rotatable bonds is 10. The Kier molecular flexibility index (Phi) is 9.31. The van der Waals surface area contributed by atoms with Gasteiger partial charge in [0.15, 0.2) is 0 Å². The molecule has 0 unspecified atom stereocenters. The van der Waals surface area contributed by atoms with Gasteiger partial charge in [-0.3, -0.25) is 13.9 Å². The Morgan fingerprint density at radius 2 is 1.67 bits per heavy atom. The number of hydrogen-bond acceptors (Lipinski definition) is 4. The van der Waals surface area contributed by atoms with Crippen molar-refractivity contribution >= 4 is 39.1 Å². The second-order valence-electron chi connectivity index (χ2n) is 8.28. The molecule has 0 saturated carbocycles. The first-order valence-corrected chi connectivity index (χ1v) is 13.0. The maximum absolute atomic E-state index is 13.6. The lowest BCUT2D eigenvalue weighted by Crippen LogP contribution is -2.53. The molecule has 1 atom stereocenters. The Morgan fingerprint density at radius 3 is 2.18 bits per heavy atom. The third kappa shape index (κ3) is 7.47. The lowest BCUT2D eigenvalue weighted by atomic mass is 10.1. The molecule has 1 N–H and O–H groups in total. The van der Waals surface area contributed by atoms with Gasteiger partial charge in [-0.25, -0.2) is 8.42 Å². The van der Waals surface area contributed by atoms with E-state index in [-0.39, 0.29) is 18.5 Å². The highest BCUT2D eigenvalue weighted by Crippen LogP contribution is 2.22. The maximum Gasteiger partial charge on any atom is 0.244 e. The van der Waals surface area contributed by atoms with Crippen LogP contribution in [0.3, 0.4) is 0 Å². The van der Waals surface area contributed by atoms with Crippen LogP contribution in [0.25, 0.3) is 0 Å². The monoisotopic (exact) mass is 493 g/mol. The summed E-state index contributed by atoms with van der Waals surface area (Å²) >= 11 is 5.94. The van der Waals surface area contributed by atoms with Crippen LogP contribution in [0, 0.1) is 6.92 Å². The fourth-order valence-corrected chi connectivity index (χ4v) is 4.47. The predicted molar refractivity (Wildman–Crippen MR) is 133 cm³/mol. The van der Waals surface area contributed by atoms with E-state index < -0.39 is 28.5 Å². The quantitative estimate of drug-likeness (QED) is 0.546. The number of nitrogens with one attached hydrogen (secondary N) is 1. The van der Waals surface area contributed by atoms with Crippen molar-refractivity contribution in [1.29, 1.82) is 0 Å². The molecule has 0 aliphatic rings. The highest BCUT2D eigenvalue weighted by Gasteiger charge is 2.32. The predicted octanol–water partition coefficient (Wildman–Crippen LogP) is 3.75. The van der Waals surface area contributed by atoms with Crippen LogP contribution in [0.15, 0.2) is 48.5 Å². The van der Waals surface area contributed by atoms with E-state index >= 15 is 0 Å².